The first kappa shape index (κ1) is 17.6. The summed E-state index contributed by atoms with van der Waals surface area (Å²) >= 11 is 0. The van der Waals surface area contributed by atoms with E-state index in [1.54, 1.807) is 11.8 Å². The molecule has 2 rings (SSSR count). The Morgan fingerprint density at radius 3 is 2.83 bits per heavy atom. The largest absolute Gasteiger partial charge is 0.490 e. The summed E-state index contributed by atoms with van der Waals surface area (Å²) in [6.45, 7) is 2.64. The average Bonchev–Trinajstić information content (AvgIpc) is 2.49. The van der Waals surface area contributed by atoms with E-state index in [1.807, 2.05) is 0 Å². The number of carbonyl (C=O) groups excluding carboxylic acids is 1. The minimum Gasteiger partial charge on any atom is -0.490 e. The van der Waals surface area contributed by atoms with Crippen molar-refractivity contribution in [3.05, 3.63) is 29.8 Å². The fourth-order valence-corrected chi connectivity index (χ4v) is 2.42. The van der Waals surface area contributed by atoms with Gasteiger partial charge in [-0.05, 0) is 19.1 Å². The van der Waals surface area contributed by atoms with E-state index < -0.39 is 17.8 Å². The Hall–Kier alpha value is -1.80. The molecular formula is C15H19F3N2O3. The van der Waals surface area contributed by atoms with Crippen molar-refractivity contribution in [3.63, 3.8) is 0 Å². The molecule has 23 heavy (non-hydrogen) atoms. The van der Waals surface area contributed by atoms with Crippen LogP contribution in [0.5, 0.6) is 5.75 Å². The third-order valence-corrected chi connectivity index (χ3v) is 3.69. The zero-order valence-corrected chi connectivity index (χ0v) is 12.6. The molecular weight excluding hydrogens is 313 g/mol. The van der Waals surface area contributed by atoms with Crippen LogP contribution in [0.3, 0.4) is 0 Å². The first-order valence-corrected chi connectivity index (χ1v) is 7.28. The predicted molar refractivity (Wildman–Crippen MR) is 77.0 cm³/mol. The fraction of sp³-hybridized carbons (Fsp3) is 0.533. The van der Waals surface area contributed by atoms with E-state index in [-0.39, 0.29) is 30.9 Å². The van der Waals surface area contributed by atoms with Gasteiger partial charge in [0.25, 0.3) is 0 Å². The number of alkyl halides is 3. The van der Waals surface area contributed by atoms with Crippen LogP contribution < -0.4 is 10.1 Å². The number of nitrogens with one attached hydrogen (secondary N) is 1. The highest BCUT2D eigenvalue weighted by molar-refractivity contribution is 5.81. The minimum absolute atomic E-state index is 0.133. The van der Waals surface area contributed by atoms with Crippen LogP contribution in [0.15, 0.2) is 24.3 Å². The van der Waals surface area contributed by atoms with Gasteiger partial charge in [0.1, 0.15) is 18.5 Å². The lowest BCUT2D eigenvalue weighted by Gasteiger charge is -2.34. The van der Waals surface area contributed by atoms with Gasteiger partial charge < -0.3 is 15.2 Å². The molecule has 5 nitrogen and oxygen atoms in total. The van der Waals surface area contributed by atoms with Crippen molar-refractivity contribution in [2.75, 3.05) is 26.2 Å². The van der Waals surface area contributed by atoms with E-state index in [9.17, 15) is 23.1 Å². The topological polar surface area (TPSA) is 61.8 Å². The number of β-amino-alcohol motifs (C(OH)–C–C–N with tert-alkyl or cyclic N) is 1. The van der Waals surface area contributed by atoms with Crippen LogP contribution in [0, 0.1) is 0 Å². The van der Waals surface area contributed by atoms with Crippen LogP contribution in [0.25, 0.3) is 0 Å². The molecule has 1 aromatic rings. The number of aliphatic hydroxyl groups is 1. The van der Waals surface area contributed by atoms with Crippen molar-refractivity contribution in [3.8, 4) is 5.75 Å². The number of rotatable bonds is 5. The van der Waals surface area contributed by atoms with Crippen LogP contribution in [-0.2, 0) is 11.0 Å². The normalized spacial score (nSPS) is 20.9. The molecule has 1 aliphatic rings. The Morgan fingerprint density at radius 1 is 1.43 bits per heavy atom. The molecule has 2 atom stereocenters. The number of hydrogen-bond acceptors (Lipinski definition) is 4. The molecule has 1 fully saturated rings. The number of piperazine rings is 1. The van der Waals surface area contributed by atoms with Gasteiger partial charge in [0.2, 0.25) is 5.91 Å². The van der Waals surface area contributed by atoms with Crippen LogP contribution in [-0.4, -0.2) is 54.3 Å². The van der Waals surface area contributed by atoms with Gasteiger partial charge in [-0.3, -0.25) is 9.69 Å². The maximum atomic E-state index is 12.8. The molecule has 0 saturated carbocycles. The Labute approximate surface area is 132 Å². The molecule has 0 spiro atoms. The number of amides is 1. The number of ether oxygens (including phenoxy) is 1. The first-order chi connectivity index (χ1) is 10.8. The lowest BCUT2D eigenvalue weighted by Crippen LogP contribution is -2.55. The van der Waals surface area contributed by atoms with Gasteiger partial charge in [-0.1, -0.05) is 12.1 Å². The molecule has 1 aromatic carbocycles. The van der Waals surface area contributed by atoms with Gasteiger partial charge in [-0.25, -0.2) is 0 Å². The first-order valence-electron chi connectivity index (χ1n) is 7.28. The third-order valence-electron chi connectivity index (χ3n) is 3.69. The monoisotopic (exact) mass is 332 g/mol. The van der Waals surface area contributed by atoms with Crippen LogP contribution in [0.1, 0.15) is 12.5 Å². The van der Waals surface area contributed by atoms with E-state index in [1.165, 1.54) is 18.2 Å². The summed E-state index contributed by atoms with van der Waals surface area (Å²) < 4.78 is 43.7. The van der Waals surface area contributed by atoms with Crippen molar-refractivity contribution in [2.24, 2.45) is 0 Å². The summed E-state index contributed by atoms with van der Waals surface area (Å²) in [6, 6.07) is 4.47. The van der Waals surface area contributed by atoms with Crippen molar-refractivity contribution >= 4 is 5.91 Å². The van der Waals surface area contributed by atoms with E-state index in [0.29, 0.717) is 13.1 Å². The summed E-state index contributed by atoms with van der Waals surface area (Å²) in [5.74, 6) is -0.449. The van der Waals surface area contributed by atoms with Gasteiger partial charge in [0.15, 0.2) is 0 Å². The molecule has 2 unspecified atom stereocenters. The number of nitrogens with zero attached hydrogens (tertiary/aromatic N) is 1. The summed E-state index contributed by atoms with van der Waals surface area (Å²) in [4.78, 5) is 13.3. The zero-order valence-electron chi connectivity index (χ0n) is 12.6. The quantitative estimate of drug-likeness (QED) is 0.852. The maximum absolute atomic E-state index is 12.8. The lowest BCUT2D eigenvalue weighted by molar-refractivity contribution is -0.139. The van der Waals surface area contributed by atoms with Crippen molar-refractivity contribution in [1.82, 2.24) is 10.2 Å². The third kappa shape index (κ3) is 4.59. The van der Waals surface area contributed by atoms with Gasteiger partial charge in [-0.2, -0.15) is 13.2 Å². The second kappa shape index (κ2) is 7.18. The highest BCUT2D eigenvalue weighted by Gasteiger charge is 2.34. The van der Waals surface area contributed by atoms with Gasteiger partial charge >= 0.3 is 6.18 Å². The lowest BCUT2D eigenvalue weighted by atomic mass is 10.2. The standard InChI is InChI=1S/C15H19F3N2O3/c1-10-14(22)19-6-7-20(10)8-11(21)9-23-13-5-3-2-4-12(13)15(16,17)18/h2-5,10-11,21H,6-9H2,1H3,(H,19,22). The summed E-state index contributed by atoms with van der Waals surface area (Å²) in [6.07, 6.45) is -5.51. The Bertz CT molecular complexity index is 551. The van der Waals surface area contributed by atoms with Crippen molar-refractivity contribution in [1.29, 1.82) is 0 Å². The Balaban J connectivity index is 1.92. The average molecular weight is 332 g/mol. The molecule has 1 heterocycles. The zero-order chi connectivity index (χ0) is 17.0. The number of hydrogen-bond donors (Lipinski definition) is 2. The Kier molecular flexibility index (Phi) is 5.48. The molecule has 1 aliphatic heterocycles. The molecule has 2 N–H and O–H groups in total. The molecule has 1 amide bonds. The van der Waals surface area contributed by atoms with E-state index in [0.717, 1.165) is 6.07 Å². The predicted octanol–water partition coefficient (Wildman–Crippen LogP) is 1.27. The van der Waals surface area contributed by atoms with E-state index in [4.69, 9.17) is 4.74 Å². The van der Waals surface area contributed by atoms with Crippen molar-refractivity contribution < 1.29 is 27.8 Å². The number of aliphatic hydroxyl groups excluding tert-OH is 1. The Morgan fingerprint density at radius 2 is 2.13 bits per heavy atom. The van der Waals surface area contributed by atoms with Crippen molar-refractivity contribution in [2.45, 2.75) is 25.2 Å². The number of benzene rings is 1. The molecule has 128 valence electrons. The second-order valence-electron chi connectivity index (χ2n) is 5.42. The van der Waals surface area contributed by atoms with Gasteiger partial charge in [-0.15, -0.1) is 0 Å². The minimum atomic E-state index is -4.51. The highest BCUT2D eigenvalue weighted by Crippen LogP contribution is 2.35. The molecule has 8 heteroatoms. The molecule has 0 aliphatic carbocycles. The number of carbonyl (C=O) groups is 1. The second-order valence-corrected chi connectivity index (χ2v) is 5.42. The van der Waals surface area contributed by atoms with E-state index >= 15 is 0 Å². The SMILES string of the molecule is CC1C(=O)NCCN1CC(O)COc1ccccc1C(F)(F)F. The summed E-state index contributed by atoms with van der Waals surface area (Å²) in [5, 5.41) is 12.7. The van der Waals surface area contributed by atoms with Crippen LogP contribution in [0.2, 0.25) is 0 Å². The molecule has 0 bridgehead atoms. The van der Waals surface area contributed by atoms with Crippen LogP contribution >= 0.6 is 0 Å². The maximum Gasteiger partial charge on any atom is 0.419 e. The molecule has 0 radical (unpaired) electrons. The summed E-state index contributed by atoms with van der Waals surface area (Å²) in [7, 11) is 0. The molecule has 1 saturated heterocycles. The van der Waals surface area contributed by atoms with Crippen LogP contribution in [0.4, 0.5) is 13.2 Å². The van der Waals surface area contributed by atoms with E-state index in [2.05, 4.69) is 5.32 Å². The van der Waals surface area contributed by atoms with Gasteiger partial charge in [0, 0.05) is 19.6 Å². The van der Waals surface area contributed by atoms with Gasteiger partial charge in [0.05, 0.1) is 11.6 Å². The highest BCUT2D eigenvalue weighted by atomic mass is 19.4. The molecule has 0 aromatic heterocycles. The smallest absolute Gasteiger partial charge is 0.419 e. The summed E-state index contributed by atoms with van der Waals surface area (Å²) in [5.41, 5.74) is -0.877. The fourth-order valence-electron chi connectivity index (χ4n) is 2.42. The number of para-hydroxylation sites is 1. The number of halogens is 3.